The number of aromatic nitrogens is 9. The Labute approximate surface area is 367 Å². The van der Waals surface area contributed by atoms with Gasteiger partial charge in [-0.3, -0.25) is 19.7 Å². The third kappa shape index (κ3) is 9.25. The largest absolute Gasteiger partial charge is 0.491 e. The molecule has 0 aliphatic rings. The van der Waals surface area contributed by atoms with E-state index in [0.717, 1.165) is 5.39 Å². The van der Waals surface area contributed by atoms with Gasteiger partial charge in [-0.2, -0.15) is 5.10 Å². The zero-order valence-electron chi connectivity index (χ0n) is 37.1. The van der Waals surface area contributed by atoms with E-state index in [2.05, 4.69) is 25.4 Å². The first-order valence-corrected chi connectivity index (χ1v) is 20.8. The summed E-state index contributed by atoms with van der Waals surface area (Å²) in [5, 5.41) is 8.82. The van der Waals surface area contributed by atoms with Crippen LogP contribution in [0.3, 0.4) is 0 Å². The standard InChI is InChI=1S/C44H51N13O7/c1-9-30-35(63-25(4)49-30)41(60)52-42-51-32-21-26(36(45)58)22-33(62-19-13-16-54(8)43(61)64-44(5,6)7)34(32)55(42)17-11-12-18-56-38-29(20-27(23-47-38)37(46)59)28-14-15-31(50-39(28)56)40-48-24(3)53-57(40)10-2/h11-12,14-15,20-23H,9-10,13,16-19H2,1-8H3,(H2,45,58)(H2,46,59)(H,51,52,60)/b12-11+. The molecular weight excluding hydrogens is 823 g/mol. The van der Waals surface area contributed by atoms with Gasteiger partial charge in [0.05, 0.1) is 23.4 Å². The van der Waals surface area contributed by atoms with E-state index >= 15 is 0 Å². The van der Waals surface area contributed by atoms with Crippen molar-refractivity contribution in [1.29, 1.82) is 0 Å². The fourth-order valence-electron chi connectivity index (χ4n) is 7.21. The molecule has 0 fully saturated rings. The van der Waals surface area contributed by atoms with E-state index in [9.17, 15) is 19.2 Å². The Balaban J connectivity index is 1.26. The molecule has 0 radical (unpaired) electrons. The van der Waals surface area contributed by atoms with Gasteiger partial charge in [0.15, 0.2) is 11.7 Å². The molecule has 7 aromatic rings. The minimum absolute atomic E-state index is 0.0510. The molecule has 0 saturated heterocycles. The van der Waals surface area contributed by atoms with Crippen LogP contribution in [0.1, 0.15) is 89.7 Å². The van der Waals surface area contributed by atoms with Crippen molar-refractivity contribution < 1.29 is 33.1 Å². The maximum Gasteiger partial charge on any atom is 0.410 e. The van der Waals surface area contributed by atoms with E-state index in [1.54, 1.807) is 50.1 Å². The number of benzene rings is 1. The zero-order valence-corrected chi connectivity index (χ0v) is 37.1. The van der Waals surface area contributed by atoms with Gasteiger partial charge in [-0.1, -0.05) is 19.1 Å². The number of carbonyl (C=O) groups is 4. The normalized spacial score (nSPS) is 11.9. The number of hydrogen-bond donors (Lipinski definition) is 3. The van der Waals surface area contributed by atoms with Gasteiger partial charge in [0.1, 0.15) is 39.7 Å². The molecule has 0 atom stereocenters. The van der Waals surface area contributed by atoms with Crippen molar-refractivity contribution in [3.63, 3.8) is 0 Å². The lowest BCUT2D eigenvalue weighted by Gasteiger charge is -2.24. The van der Waals surface area contributed by atoms with Gasteiger partial charge in [-0.25, -0.2) is 34.4 Å². The molecule has 20 heteroatoms. The van der Waals surface area contributed by atoms with Crippen LogP contribution in [0.2, 0.25) is 0 Å². The number of nitrogens with two attached hydrogens (primary N) is 2. The number of amides is 4. The molecule has 7 rings (SSSR count). The molecule has 0 saturated carbocycles. The molecule has 0 aliphatic carbocycles. The van der Waals surface area contributed by atoms with Crippen molar-refractivity contribution in [3.05, 3.63) is 83.0 Å². The van der Waals surface area contributed by atoms with Crippen LogP contribution in [0.4, 0.5) is 10.7 Å². The number of nitrogens with one attached hydrogen (secondary N) is 1. The topological polar surface area (TPSA) is 259 Å². The summed E-state index contributed by atoms with van der Waals surface area (Å²) in [5.41, 5.74) is 14.2. The molecule has 334 valence electrons. The summed E-state index contributed by atoms with van der Waals surface area (Å²) in [6.07, 6.45) is 5.63. The second-order valence-corrected chi connectivity index (χ2v) is 16.1. The number of pyridine rings is 2. The average molecular weight is 874 g/mol. The van der Waals surface area contributed by atoms with Gasteiger partial charge < -0.3 is 39.4 Å². The summed E-state index contributed by atoms with van der Waals surface area (Å²) >= 11 is 0. The maximum atomic E-state index is 13.8. The fourth-order valence-corrected chi connectivity index (χ4v) is 7.21. The van der Waals surface area contributed by atoms with Crippen LogP contribution in [0.25, 0.3) is 44.6 Å². The van der Waals surface area contributed by atoms with Crippen LogP contribution >= 0.6 is 0 Å². The van der Waals surface area contributed by atoms with Crippen molar-refractivity contribution in [2.24, 2.45) is 11.5 Å². The molecule has 5 N–H and O–H groups in total. The highest BCUT2D eigenvalue weighted by Crippen LogP contribution is 2.33. The number of rotatable bonds is 16. The summed E-state index contributed by atoms with van der Waals surface area (Å²) in [6, 6.07) is 8.54. The zero-order chi connectivity index (χ0) is 46.0. The number of carbonyl (C=O) groups excluding carboxylic acids is 4. The predicted octanol–water partition coefficient (Wildman–Crippen LogP) is 5.72. The van der Waals surface area contributed by atoms with Crippen LogP contribution in [-0.2, 0) is 30.8 Å². The molecule has 4 amide bonds. The molecule has 1 aromatic carbocycles. The molecular formula is C44H51N13O7. The lowest BCUT2D eigenvalue weighted by Crippen LogP contribution is -2.35. The molecule has 0 bridgehead atoms. The van der Waals surface area contributed by atoms with E-state index in [1.807, 2.05) is 49.6 Å². The van der Waals surface area contributed by atoms with Crippen LogP contribution in [-0.4, -0.2) is 98.3 Å². The molecule has 6 aromatic heterocycles. The Morgan fingerprint density at radius 3 is 2.33 bits per heavy atom. The number of oxazole rings is 1. The Kier molecular flexibility index (Phi) is 12.5. The Morgan fingerprint density at radius 2 is 1.64 bits per heavy atom. The monoisotopic (exact) mass is 873 g/mol. The Bertz CT molecular complexity index is 2970. The Morgan fingerprint density at radius 1 is 0.906 bits per heavy atom. The van der Waals surface area contributed by atoms with Gasteiger partial charge in [0.2, 0.25) is 23.5 Å². The lowest BCUT2D eigenvalue weighted by atomic mass is 10.1. The number of hydrogen-bond acceptors (Lipinski definition) is 13. The molecule has 0 aliphatic heterocycles. The summed E-state index contributed by atoms with van der Waals surface area (Å²) in [7, 11) is 1.64. The summed E-state index contributed by atoms with van der Waals surface area (Å²) in [5.74, 6) is 0.157. The molecule has 64 heavy (non-hydrogen) atoms. The number of primary amides is 2. The second-order valence-electron chi connectivity index (χ2n) is 16.1. The van der Waals surface area contributed by atoms with E-state index in [1.165, 1.54) is 23.2 Å². The van der Waals surface area contributed by atoms with Crippen molar-refractivity contribution in [2.45, 2.75) is 86.5 Å². The number of allylic oxidation sites excluding steroid dienone is 2. The van der Waals surface area contributed by atoms with E-state index in [4.69, 9.17) is 35.3 Å². The maximum absolute atomic E-state index is 13.8. The third-order valence-corrected chi connectivity index (χ3v) is 10.1. The molecule has 0 unspecified atom stereocenters. The highest BCUT2D eigenvalue weighted by molar-refractivity contribution is 6.08. The van der Waals surface area contributed by atoms with Crippen LogP contribution < -0.4 is 21.5 Å². The quantitative estimate of drug-likeness (QED) is 0.0776. The highest BCUT2D eigenvalue weighted by atomic mass is 16.6. The van der Waals surface area contributed by atoms with Gasteiger partial charge in [-0.15, -0.1) is 0 Å². The average Bonchev–Trinajstić information content (AvgIpc) is 4.00. The fraction of sp³-hybridized carbons (Fsp3) is 0.364. The van der Waals surface area contributed by atoms with Gasteiger partial charge in [0, 0.05) is 62.7 Å². The second kappa shape index (κ2) is 18.0. The highest BCUT2D eigenvalue weighted by Gasteiger charge is 2.25. The number of aryl methyl sites for hydroxylation is 4. The number of nitrogens with zero attached hydrogens (tertiary/aromatic N) is 10. The molecule has 20 nitrogen and oxygen atoms in total. The SMILES string of the molecule is CCc1nc(C)oc1C(=O)Nc1nc2cc(C(N)=O)cc(OCCCN(C)C(=O)OC(C)(C)C)c2n1C/C=C/Cn1c2ncc(C(N)=O)cc2c2ccc(-c3nc(C)nn3CC)nc21. The number of anilines is 1. The third-order valence-electron chi connectivity index (χ3n) is 10.1. The first kappa shape index (κ1) is 44.4. The summed E-state index contributed by atoms with van der Waals surface area (Å²) < 4.78 is 22.9. The van der Waals surface area contributed by atoms with Gasteiger partial charge >= 0.3 is 6.09 Å². The lowest BCUT2D eigenvalue weighted by molar-refractivity contribution is 0.0291. The minimum atomic E-state index is -0.703. The first-order valence-electron chi connectivity index (χ1n) is 20.8. The van der Waals surface area contributed by atoms with Crippen molar-refractivity contribution in [1.82, 2.24) is 48.7 Å². The number of ether oxygens (including phenoxy) is 2. The van der Waals surface area contributed by atoms with E-state index in [0.29, 0.717) is 82.6 Å². The number of imidazole rings is 1. The summed E-state index contributed by atoms with van der Waals surface area (Å²) in [4.78, 5) is 76.0. The van der Waals surface area contributed by atoms with Gasteiger partial charge in [0.25, 0.3) is 5.91 Å². The van der Waals surface area contributed by atoms with Crippen molar-refractivity contribution in [2.75, 3.05) is 25.5 Å². The van der Waals surface area contributed by atoms with Gasteiger partial charge in [-0.05, 0) is 77.8 Å². The Hall–Kier alpha value is -7.64. The first-order chi connectivity index (χ1) is 30.5. The van der Waals surface area contributed by atoms with Crippen molar-refractivity contribution in [3.8, 4) is 17.3 Å². The summed E-state index contributed by atoms with van der Waals surface area (Å²) in [6.45, 7) is 14.2. The van der Waals surface area contributed by atoms with Crippen molar-refractivity contribution >= 4 is 62.9 Å². The van der Waals surface area contributed by atoms with Crippen LogP contribution in [0, 0.1) is 13.8 Å². The predicted molar refractivity (Wildman–Crippen MR) is 238 cm³/mol. The molecule has 0 spiro atoms. The minimum Gasteiger partial charge on any atom is -0.491 e. The number of fused-ring (bicyclic) bond motifs is 4. The van der Waals surface area contributed by atoms with Crippen LogP contribution in [0.5, 0.6) is 5.75 Å². The van der Waals surface area contributed by atoms with Crippen LogP contribution in [0.15, 0.2) is 53.1 Å². The molecule has 6 heterocycles. The van der Waals surface area contributed by atoms with E-state index in [-0.39, 0.29) is 48.3 Å². The smallest absolute Gasteiger partial charge is 0.410 e. The van der Waals surface area contributed by atoms with E-state index < -0.39 is 29.4 Å².